The van der Waals surface area contributed by atoms with Crippen LogP contribution in [0.5, 0.6) is 0 Å². The molecule has 0 spiro atoms. The second-order valence-electron chi connectivity index (χ2n) is 4.05. The van der Waals surface area contributed by atoms with Gasteiger partial charge in [-0.05, 0) is 43.5 Å². The van der Waals surface area contributed by atoms with E-state index in [4.69, 9.17) is 0 Å². The Kier molecular flexibility index (Phi) is 6.57. The summed E-state index contributed by atoms with van der Waals surface area (Å²) in [5, 5.41) is 3.75. The Morgan fingerprint density at radius 2 is 2.13 bits per heavy atom. The second-order valence-corrected chi connectivity index (χ2v) is 5.59. The number of rotatable bonds is 6. The van der Waals surface area contributed by atoms with Gasteiger partial charge in [-0.1, -0.05) is 13.0 Å². The molecule has 1 amide bonds. The van der Waals surface area contributed by atoms with Crippen LogP contribution in [0, 0.1) is 0 Å². The van der Waals surface area contributed by atoms with Crippen molar-refractivity contribution in [3.63, 3.8) is 0 Å². The van der Waals surface area contributed by atoms with Gasteiger partial charge in [0.1, 0.15) is 11.0 Å². The third-order valence-electron chi connectivity index (χ3n) is 2.78. The zero-order valence-corrected chi connectivity index (χ0v) is 10.3. The van der Waals surface area contributed by atoms with Crippen molar-refractivity contribution < 1.29 is 4.79 Å². The summed E-state index contributed by atoms with van der Waals surface area (Å²) in [5.41, 5.74) is 0. The van der Waals surface area contributed by atoms with E-state index >= 15 is 0 Å². The fourth-order valence-corrected chi connectivity index (χ4v) is 3.34. The molecule has 0 heterocycles. The Morgan fingerprint density at radius 3 is 2.80 bits per heavy atom. The van der Waals surface area contributed by atoms with Gasteiger partial charge in [-0.25, -0.2) is 0 Å². The minimum absolute atomic E-state index is 0.0515. The Bertz CT molecular complexity index is 200. The molecule has 0 aromatic carbocycles. The lowest BCUT2D eigenvalue weighted by Gasteiger charge is -2.14. The number of nitrogens with one attached hydrogen (secondary N) is 1. The maximum Gasteiger partial charge on any atom is 0.243 e. The molecule has 15 heavy (non-hydrogen) atoms. The molecule has 1 fully saturated rings. The SMILES string of the molecule is C=CC(=O)NCCC[SH+]C1CCCCC1. The first kappa shape index (κ1) is 12.6. The lowest BCUT2D eigenvalue weighted by atomic mass is 10.0. The van der Waals surface area contributed by atoms with Crippen LogP contribution in [-0.2, 0) is 16.6 Å². The van der Waals surface area contributed by atoms with E-state index in [1.807, 2.05) is 0 Å². The predicted octanol–water partition coefficient (Wildman–Crippen LogP) is 1.83. The summed E-state index contributed by atoms with van der Waals surface area (Å²) in [6, 6.07) is 0. The van der Waals surface area contributed by atoms with Gasteiger partial charge in [-0.2, -0.15) is 0 Å². The highest BCUT2D eigenvalue weighted by Crippen LogP contribution is 2.20. The van der Waals surface area contributed by atoms with Crippen molar-refractivity contribution in [2.45, 2.75) is 43.8 Å². The summed E-state index contributed by atoms with van der Waals surface area (Å²) in [5.74, 6) is 1.17. The van der Waals surface area contributed by atoms with Crippen LogP contribution in [0.3, 0.4) is 0 Å². The Labute approximate surface area is 96.9 Å². The minimum atomic E-state index is -0.0515. The first-order chi connectivity index (χ1) is 7.33. The van der Waals surface area contributed by atoms with Gasteiger partial charge in [-0.15, -0.1) is 0 Å². The van der Waals surface area contributed by atoms with E-state index in [1.165, 1.54) is 43.9 Å². The van der Waals surface area contributed by atoms with Crippen LogP contribution in [0.2, 0.25) is 0 Å². The molecule has 0 atom stereocenters. The number of amides is 1. The van der Waals surface area contributed by atoms with Crippen LogP contribution in [0.4, 0.5) is 0 Å². The van der Waals surface area contributed by atoms with Crippen molar-refractivity contribution in [3.8, 4) is 0 Å². The molecule has 1 aliphatic carbocycles. The van der Waals surface area contributed by atoms with Crippen molar-refractivity contribution in [3.05, 3.63) is 12.7 Å². The predicted molar refractivity (Wildman–Crippen MR) is 68.3 cm³/mol. The molecule has 3 heteroatoms. The number of carbonyl (C=O) groups excluding carboxylic acids is 1. The maximum atomic E-state index is 10.8. The number of hydrogen-bond acceptors (Lipinski definition) is 1. The van der Waals surface area contributed by atoms with Crippen molar-refractivity contribution in [1.82, 2.24) is 5.32 Å². The summed E-state index contributed by atoms with van der Waals surface area (Å²) in [6.45, 7) is 4.22. The van der Waals surface area contributed by atoms with Crippen LogP contribution in [-0.4, -0.2) is 23.5 Å². The van der Waals surface area contributed by atoms with Crippen molar-refractivity contribution in [2.75, 3.05) is 12.3 Å². The summed E-state index contributed by atoms with van der Waals surface area (Å²) in [7, 11) is 0. The summed E-state index contributed by atoms with van der Waals surface area (Å²) >= 11 is 1.59. The van der Waals surface area contributed by atoms with E-state index < -0.39 is 0 Å². The summed E-state index contributed by atoms with van der Waals surface area (Å²) < 4.78 is 0. The van der Waals surface area contributed by atoms with Crippen LogP contribution in [0.15, 0.2) is 12.7 Å². The van der Waals surface area contributed by atoms with Gasteiger partial charge < -0.3 is 5.32 Å². The number of hydrogen-bond donors (Lipinski definition) is 1. The first-order valence-electron chi connectivity index (χ1n) is 5.90. The Morgan fingerprint density at radius 1 is 1.40 bits per heavy atom. The van der Waals surface area contributed by atoms with Crippen LogP contribution in [0.1, 0.15) is 38.5 Å². The van der Waals surface area contributed by atoms with Gasteiger partial charge in [-0.3, -0.25) is 4.79 Å². The van der Waals surface area contributed by atoms with E-state index in [1.54, 1.807) is 11.8 Å². The molecule has 0 aromatic rings. The molecular weight excluding hydrogens is 206 g/mol. The standard InChI is InChI=1S/C12H21NOS/c1-2-12(14)13-9-6-10-15-11-7-4-3-5-8-11/h2,11H,1,3-10H2,(H,13,14)/p+1. The van der Waals surface area contributed by atoms with E-state index in [9.17, 15) is 4.79 Å². The zero-order valence-electron chi connectivity index (χ0n) is 9.37. The highest BCUT2D eigenvalue weighted by atomic mass is 32.2. The molecule has 2 nitrogen and oxygen atoms in total. The van der Waals surface area contributed by atoms with Gasteiger partial charge >= 0.3 is 0 Å². The van der Waals surface area contributed by atoms with E-state index in [2.05, 4.69) is 11.9 Å². The number of carbonyl (C=O) groups is 1. The second kappa shape index (κ2) is 7.80. The van der Waals surface area contributed by atoms with Crippen LogP contribution < -0.4 is 5.32 Å². The van der Waals surface area contributed by atoms with E-state index in [0.29, 0.717) is 0 Å². The molecule has 0 bridgehead atoms. The van der Waals surface area contributed by atoms with Crippen LogP contribution in [0.25, 0.3) is 0 Å². The fraction of sp³-hybridized carbons (Fsp3) is 0.750. The lowest BCUT2D eigenvalue weighted by Crippen LogP contribution is -2.24. The highest BCUT2D eigenvalue weighted by molar-refractivity contribution is 7.79. The molecule has 0 aromatic heterocycles. The van der Waals surface area contributed by atoms with Crippen LogP contribution >= 0.6 is 0 Å². The molecule has 1 rings (SSSR count). The summed E-state index contributed by atoms with van der Waals surface area (Å²) in [6.07, 6.45) is 9.54. The average Bonchev–Trinajstić information content (AvgIpc) is 2.29. The topological polar surface area (TPSA) is 29.1 Å². The molecule has 86 valence electrons. The molecule has 1 saturated carbocycles. The smallest absolute Gasteiger partial charge is 0.243 e. The van der Waals surface area contributed by atoms with Gasteiger partial charge in [0.2, 0.25) is 5.91 Å². The van der Waals surface area contributed by atoms with Crippen molar-refractivity contribution in [1.29, 1.82) is 0 Å². The largest absolute Gasteiger partial charge is 0.352 e. The van der Waals surface area contributed by atoms with Gasteiger partial charge in [0.25, 0.3) is 0 Å². The third-order valence-corrected chi connectivity index (χ3v) is 4.39. The maximum absolute atomic E-state index is 10.8. The van der Waals surface area contributed by atoms with Crippen molar-refractivity contribution in [2.24, 2.45) is 0 Å². The van der Waals surface area contributed by atoms with Gasteiger partial charge in [0, 0.05) is 13.0 Å². The van der Waals surface area contributed by atoms with Crippen molar-refractivity contribution >= 4 is 17.7 Å². The van der Waals surface area contributed by atoms with Gasteiger partial charge in [0.15, 0.2) is 0 Å². The zero-order chi connectivity index (χ0) is 10.9. The molecule has 1 N–H and O–H groups in total. The fourth-order valence-electron chi connectivity index (χ4n) is 1.90. The molecule has 0 unspecified atom stereocenters. The lowest BCUT2D eigenvalue weighted by molar-refractivity contribution is -0.116. The average molecular weight is 228 g/mol. The molecule has 0 saturated heterocycles. The normalized spacial score (nSPS) is 17.3. The summed E-state index contributed by atoms with van der Waals surface area (Å²) in [4.78, 5) is 10.8. The first-order valence-corrected chi connectivity index (χ1v) is 7.04. The minimum Gasteiger partial charge on any atom is -0.352 e. The van der Waals surface area contributed by atoms with Gasteiger partial charge in [0.05, 0.1) is 0 Å². The highest BCUT2D eigenvalue weighted by Gasteiger charge is 2.19. The Hall–Kier alpha value is -0.440. The monoisotopic (exact) mass is 228 g/mol. The molecule has 0 radical (unpaired) electrons. The number of thiol groups is 1. The molecule has 0 aliphatic heterocycles. The van der Waals surface area contributed by atoms with E-state index in [0.717, 1.165) is 18.2 Å². The van der Waals surface area contributed by atoms with E-state index in [-0.39, 0.29) is 5.91 Å². The molecular formula is C12H22NOS+. The third kappa shape index (κ3) is 5.88. The Balaban J connectivity index is 1.91. The molecule has 1 aliphatic rings. The quantitative estimate of drug-likeness (QED) is 0.319.